The number of fused-ring (bicyclic) bond motifs is 2. The molecule has 3 aliphatic rings. The molecule has 0 aliphatic carbocycles. The SMILES string of the molecule is CS(=O)(=O)CCNc1cc(Nc2ccc(C(=O)N3CCC(N4CCOCC4)CC3)c3c2OCCO3)nc2[nH]cc(C(F)(F)F)c12. The summed E-state index contributed by atoms with van der Waals surface area (Å²) in [5.74, 6) is 0.321. The minimum atomic E-state index is -4.66. The van der Waals surface area contributed by atoms with Gasteiger partial charge in [0.05, 0.1) is 41.2 Å². The van der Waals surface area contributed by atoms with E-state index in [4.69, 9.17) is 14.2 Å². The molecule has 1 aromatic carbocycles. The number of nitrogens with zero attached hydrogens (tertiary/aromatic N) is 3. The first-order chi connectivity index (χ1) is 21.5. The maximum Gasteiger partial charge on any atom is 0.418 e. The number of likely N-dealkylation sites (tertiary alicyclic amines) is 1. The molecule has 5 heterocycles. The summed E-state index contributed by atoms with van der Waals surface area (Å²) >= 11 is 0. The van der Waals surface area contributed by atoms with Crippen LogP contribution in [-0.2, 0) is 20.8 Å². The Hall–Kier alpha value is -3.76. The lowest BCUT2D eigenvalue weighted by atomic mass is 10.0. The van der Waals surface area contributed by atoms with Crippen LogP contribution >= 0.6 is 0 Å². The number of anilines is 3. The molecule has 2 saturated heterocycles. The first-order valence-corrected chi connectivity index (χ1v) is 16.9. The molecular weight excluding hydrogens is 617 g/mol. The third-order valence-electron chi connectivity index (χ3n) is 8.23. The van der Waals surface area contributed by atoms with E-state index in [9.17, 15) is 26.4 Å². The van der Waals surface area contributed by atoms with Gasteiger partial charge in [0.2, 0.25) is 0 Å². The van der Waals surface area contributed by atoms with Crippen LogP contribution in [0.15, 0.2) is 24.4 Å². The lowest BCUT2D eigenvalue weighted by molar-refractivity contribution is -0.136. The number of nitrogens with one attached hydrogen (secondary N) is 3. The number of hydrogen-bond donors (Lipinski definition) is 3. The van der Waals surface area contributed by atoms with Gasteiger partial charge in [0.15, 0.2) is 11.5 Å². The van der Waals surface area contributed by atoms with Crippen LogP contribution in [0.1, 0.15) is 28.8 Å². The molecule has 0 radical (unpaired) electrons. The van der Waals surface area contributed by atoms with E-state index < -0.39 is 21.6 Å². The van der Waals surface area contributed by atoms with Crippen molar-refractivity contribution >= 4 is 44.0 Å². The first-order valence-electron chi connectivity index (χ1n) is 14.8. The summed E-state index contributed by atoms with van der Waals surface area (Å²) in [4.78, 5) is 24.8. The third-order valence-corrected chi connectivity index (χ3v) is 9.18. The van der Waals surface area contributed by atoms with Crippen LogP contribution in [0, 0.1) is 0 Å². The Morgan fingerprint density at radius 3 is 2.44 bits per heavy atom. The Morgan fingerprint density at radius 1 is 1.04 bits per heavy atom. The van der Waals surface area contributed by atoms with Crippen LogP contribution in [0.5, 0.6) is 11.5 Å². The number of aromatic nitrogens is 2. The highest BCUT2D eigenvalue weighted by Gasteiger charge is 2.36. The van der Waals surface area contributed by atoms with Gasteiger partial charge in [-0.2, -0.15) is 13.2 Å². The van der Waals surface area contributed by atoms with Gasteiger partial charge in [-0.05, 0) is 25.0 Å². The molecule has 45 heavy (non-hydrogen) atoms. The second-order valence-corrected chi connectivity index (χ2v) is 13.6. The fraction of sp³-hybridized carbons (Fsp3) is 0.517. The number of morpholine rings is 1. The van der Waals surface area contributed by atoms with Crippen molar-refractivity contribution in [3.8, 4) is 11.5 Å². The average molecular weight is 653 g/mol. The molecule has 3 aromatic rings. The molecule has 0 spiro atoms. The van der Waals surface area contributed by atoms with Crippen molar-refractivity contribution in [1.29, 1.82) is 0 Å². The van der Waals surface area contributed by atoms with Gasteiger partial charge < -0.3 is 34.7 Å². The van der Waals surface area contributed by atoms with E-state index in [1.165, 1.54) is 6.07 Å². The molecule has 3 N–H and O–H groups in total. The number of carbonyl (C=O) groups excluding carboxylic acids is 1. The highest BCUT2D eigenvalue weighted by molar-refractivity contribution is 7.90. The lowest BCUT2D eigenvalue weighted by Gasteiger charge is -2.40. The summed E-state index contributed by atoms with van der Waals surface area (Å²) in [6.07, 6.45) is -1.05. The Bertz CT molecular complexity index is 1670. The first kappa shape index (κ1) is 31.2. The molecule has 16 heteroatoms. The number of piperidine rings is 1. The van der Waals surface area contributed by atoms with E-state index >= 15 is 0 Å². The molecule has 6 rings (SSSR count). The summed E-state index contributed by atoms with van der Waals surface area (Å²) < 4.78 is 81.9. The number of aromatic amines is 1. The number of hydrogen-bond acceptors (Lipinski definition) is 10. The summed E-state index contributed by atoms with van der Waals surface area (Å²) in [6, 6.07) is 5.09. The van der Waals surface area contributed by atoms with E-state index in [0.29, 0.717) is 41.9 Å². The second kappa shape index (κ2) is 12.6. The number of pyridine rings is 1. The Kier molecular flexibility index (Phi) is 8.72. The fourth-order valence-electron chi connectivity index (χ4n) is 6.02. The number of benzene rings is 1. The number of alkyl halides is 3. The minimum absolute atomic E-state index is 0.0486. The van der Waals surface area contributed by atoms with Gasteiger partial charge in [0.1, 0.15) is 34.5 Å². The zero-order valence-corrected chi connectivity index (χ0v) is 25.5. The van der Waals surface area contributed by atoms with Crippen molar-refractivity contribution in [1.82, 2.24) is 19.8 Å². The minimum Gasteiger partial charge on any atom is -0.485 e. The number of sulfone groups is 1. The number of rotatable bonds is 8. The molecule has 2 aromatic heterocycles. The molecule has 0 bridgehead atoms. The van der Waals surface area contributed by atoms with Crippen LogP contribution in [0.4, 0.5) is 30.4 Å². The predicted molar refractivity (Wildman–Crippen MR) is 161 cm³/mol. The number of ether oxygens (including phenoxy) is 3. The van der Waals surface area contributed by atoms with E-state index in [0.717, 1.165) is 51.6 Å². The van der Waals surface area contributed by atoms with Gasteiger partial charge >= 0.3 is 6.18 Å². The fourth-order valence-corrected chi connectivity index (χ4v) is 6.49. The molecule has 12 nitrogen and oxygen atoms in total. The van der Waals surface area contributed by atoms with Gasteiger partial charge in [-0.15, -0.1) is 0 Å². The standard InChI is InChI=1S/C29H35F3N6O6S/c1-45(40,41)15-6-33-22-16-23(36-27-24(22)20(17-34-27)29(30,31)32)35-21-3-2-19(25-26(21)44-14-13-43-25)28(39)38-7-4-18(5-8-38)37-9-11-42-12-10-37/h2-3,16-18H,4-15H2,1H3,(H3,33,34,35,36). The van der Waals surface area contributed by atoms with Crippen molar-refractivity contribution in [3.05, 3.63) is 35.5 Å². The van der Waals surface area contributed by atoms with Gasteiger partial charge in [-0.3, -0.25) is 9.69 Å². The monoisotopic (exact) mass is 652 g/mol. The molecule has 0 saturated carbocycles. The van der Waals surface area contributed by atoms with Crippen molar-refractivity contribution in [2.45, 2.75) is 25.1 Å². The number of carbonyl (C=O) groups is 1. The second-order valence-electron chi connectivity index (χ2n) is 11.3. The summed E-state index contributed by atoms with van der Waals surface area (Å²) in [6.45, 7) is 4.87. The van der Waals surface area contributed by atoms with Gasteiger partial charge in [-0.1, -0.05) is 0 Å². The summed E-state index contributed by atoms with van der Waals surface area (Å²) in [5.41, 5.74) is -0.149. The van der Waals surface area contributed by atoms with Gasteiger partial charge in [0, 0.05) is 63.0 Å². The van der Waals surface area contributed by atoms with Crippen LogP contribution in [0.2, 0.25) is 0 Å². The average Bonchev–Trinajstić information content (AvgIpc) is 3.46. The molecule has 3 aliphatic heterocycles. The van der Waals surface area contributed by atoms with Crippen LogP contribution in [-0.4, -0.2) is 111 Å². The van der Waals surface area contributed by atoms with Crippen molar-refractivity contribution in [2.75, 3.05) is 81.8 Å². The van der Waals surface area contributed by atoms with Crippen LogP contribution in [0.25, 0.3) is 11.0 Å². The highest BCUT2D eigenvalue weighted by Crippen LogP contribution is 2.44. The van der Waals surface area contributed by atoms with Gasteiger partial charge in [0.25, 0.3) is 5.91 Å². The maximum absolute atomic E-state index is 13.8. The van der Waals surface area contributed by atoms with E-state index in [-0.39, 0.29) is 54.0 Å². The largest absolute Gasteiger partial charge is 0.485 e. The van der Waals surface area contributed by atoms with Crippen LogP contribution in [0.3, 0.4) is 0 Å². The van der Waals surface area contributed by atoms with E-state index in [2.05, 4.69) is 25.5 Å². The predicted octanol–water partition coefficient (Wildman–Crippen LogP) is 3.49. The number of halogens is 3. The summed E-state index contributed by atoms with van der Waals surface area (Å²) in [7, 11) is -3.36. The lowest BCUT2D eigenvalue weighted by Crippen LogP contribution is -2.50. The normalized spacial score (nSPS) is 18.3. The summed E-state index contributed by atoms with van der Waals surface area (Å²) in [5, 5.41) is 5.71. The third kappa shape index (κ3) is 6.92. The zero-order valence-electron chi connectivity index (χ0n) is 24.7. The number of H-pyrrole nitrogens is 1. The molecule has 2 fully saturated rings. The quantitative estimate of drug-likeness (QED) is 0.332. The highest BCUT2D eigenvalue weighted by atomic mass is 32.2. The molecule has 0 unspecified atom stereocenters. The molecule has 0 atom stereocenters. The zero-order chi connectivity index (χ0) is 31.8. The molecule has 1 amide bonds. The topological polar surface area (TPSA) is 138 Å². The van der Waals surface area contributed by atoms with Crippen molar-refractivity contribution < 1.29 is 40.6 Å². The van der Waals surface area contributed by atoms with Crippen molar-refractivity contribution in [3.63, 3.8) is 0 Å². The molecular formula is C29H35F3N6O6S. The Morgan fingerprint density at radius 2 is 1.76 bits per heavy atom. The van der Waals surface area contributed by atoms with E-state index in [1.807, 2.05) is 4.90 Å². The number of amides is 1. The smallest absolute Gasteiger partial charge is 0.418 e. The Balaban J connectivity index is 1.25. The van der Waals surface area contributed by atoms with Gasteiger partial charge in [-0.25, -0.2) is 13.4 Å². The maximum atomic E-state index is 13.8. The van der Waals surface area contributed by atoms with E-state index in [1.54, 1.807) is 12.1 Å². The van der Waals surface area contributed by atoms with Crippen LogP contribution < -0.4 is 20.1 Å². The molecule has 244 valence electrons. The Labute approximate surface area is 258 Å². The van der Waals surface area contributed by atoms with Crippen molar-refractivity contribution in [2.24, 2.45) is 0 Å².